The average Bonchev–Trinajstić information content (AvgIpc) is 2.31. The van der Waals surface area contributed by atoms with E-state index in [0.717, 1.165) is 4.90 Å². The normalized spacial score (nSPS) is 9.88. The molecule has 1 aromatic carbocycles. The van der Waals surface area contributed by atoms with Crippen LogP contribution in [0.5, 0.6) is 0 Å². The van der Waals surface area contributed by atoms with Crippen molar-refractivity contribution >= 4 is 29.1 Å². The second kappa shape index (κ2) is 5.09. The molecule has 2 N–H and O–H groups in total. The first-order chi connectivity index (χ1) is 8.19. The minimum atomic E-state index is 0.468. The third kappa shape index (κ3) is 2.90. The summed E-state index contributed by atoms with van der Waals surface area (Å²) < 4.78 is 0. The topological polar surface area (TPSA) is 62.7 Å². The summed E-state index contributed by atoms with van der Waals surface area (Å²) >= 11 is 7.28. The van der Waals surface area contributed by atoms with Gasteiger partial charge in [0.2, 0.25) is 0 Å². The van der Waals surface area contributed by atoms with Crippen molar-refractivity contribution in [2.45, 2.75) is 9.92 Å². The molecule has 0 aliphatic heterocycles. The van der Waals surface area contributed by atoms with Crippen LogP contribution in [0.3, 0.4) is 0 Å². The minimum Gasteiger partial charge on any atom is -0.397 e. The summed E-state index contributed by atoms with van der Waals surface area (Å²) in [5.41, 5.74) is 6.53. The number of anilines is 1. The first-order valence-electron chi connectivity index (χ1n) is 4.78. The summed E-state index contributed by atoms with van der Waals surface area (Å²) in [6.07, 6.45) is 1.54. The van der Waals surface area contributed by atoms with Gasteiger partial charge in [0.25, 0.3) is 0 Å². The molecule has 0 atom stereocenters. The molecule has 0 spiro atoms. The molecule has 0 radical (unpaired) electrons. The van der Waals surface area contributed by atoms with Gasteiger partial charge in [0, 0.05) is 9.92 Å². The zero-order valence-corrected chi connectivity index (χ0v) is 10.3. The molecule has 0 fully saturated rings. The Balaban J connectivity index is 2.34. The lowest BCUT2D eigenvalue weighted by molar-refractivity contribution is 1.11. The Hall–Kier alpha value is -1.70. The number of hydrogen-bond acceptors (Lipinski definition) is 4. The van der Waals surface area contributed by atoms with Gasteiger partial charge in [-0.15, -0.1) is 0 Å². The number of hydrogen-bond donors (Lipinski definition) is 1. The smallest absolute Gasteiger partial charge is 0.119 e. The number of nitriles is 1. The number of halogens is 1. The van der Waals surface area contributed by atoms with Crippen LogP contribution in [-0.4, -0.2) is 4.98 Å². The Morgan fingerprint density at radius 2 is 2.18 bits per heavy atom. The van der Waals surface area contributed by atoms with E-state index in [1.54, 1.807) is 12.1 Å². The van der Waals surface area contributed by atoms with Gasteiger partial charge >= 0.3 is 0 Å². The monoisotopic (exact) mass is 261 g/mol. The van der Waals surface area contributed by atoms with Gasteiger partial charge in [-0.05, 0) is 24.3 Å². The largest absolute Gasteiger partial charge is 0.397 e. The molecule has 2 aromatic rings. The van der Waals surface area contributed by atoms with Crippen LogP contribution in [0.1, 0.15) is 5.56 Å². The zero-order valence-electron chi connectivity index (χ0n) is 8.72. The molecule has 0 saturated heterocycles. The molecule has 0 amide bonds. The number of benzene rings is 1. The van der Waals surface area contributed by atoms with Crippen LogP contribution in [0.25, 0.3) is 0 Å². The van der Waals surface area contributed by atoms with Gasteiger partial charge in [-0.2, -0.15) is 5.26 Å². The molecule has 1 aromatic heterocycles. The van der Waals surface area contributed by atoms with Gasteiger partial charge in [-0.1, -0.05) is 29.4 Å². The second-order valence-corrected chi connectivity index (χ2v) is 4.79. The molecule has 0 bridgehead atoms. The maximum atomic E-state index is 8.99. The van der Waals surface area contributed by atoms with Gasteiger partial charge in [-0.3, -0.25) is 0 Å². The number of rotatable bonds is 2. The van der Waals surface area contributed by atoms with Crippen molar-refractivity contribution in [3.63, 3.8) is 0 Å². The SMILES string of the molecule is N#Cc1cc(N)cnc1Sc1cccc(Cl)c1. The molecule has 0 aliphatic rings. The van der Waals surface area contributed by atoms with Crippen LogP contribution < -0.4 is 5.73 Å². The first kappa shape index (κ1) is 11.8. The highest BCUT2D eigenvalue weighted by Gasteiger charge is 2.06. The molecule has 0 aliphatic carbocycles. The van der Waals surface area contributed by atoms with Crippen molar-refractivity contribution in [2.75, 3.05) is 5.73 Å². The number of nitrogens with zero attached hydrogens (tertiary/aromatic N) is 2. The molecule has 2 rings (SSSR count). The van der Waals surface area contributed by atoms with Crippen molar-refractivity contribution in [3.8, 4) is 6.07 Å². The van der Waals surface area contributed by atoms with E-state index >= 15 is 0 Å². The Morgan fingerprint density at radius 3 is 2.88 bits per heavy atom. The van der Waals surface area contributed by atoms with Crippen molar-refractivity contribution < 1.29 is 0 Å². The highest BCUT2D eigenvalue weighted by molar-refractivity contribution is 7.99. The van der Waals surface area contributed by atoms with Crippen molar-refractivity contribution in [1.82, 2.24) is 4.98 Å². The summed E-state index contributed by atoms with van der Waals surface area (Å²) in [6.45, 7) is 0. The number of pyridine rings is 1. The van der Waals surface area contributed by atoms with E-state index in [0.29, 0.717) is 21.3 Å². The first-order valence-corrected chi connectivity index (χ1v) is 5.97. The van der Waals surface area contributed by atoms with Gasteiger partial charge in [-0.25, -0.2) is 4.98 Å². The molecule has 0 unspecified atom stereocenters. The molecule has 17 heavy (non-hydrogen) atoms. The van der Waals surface area contributed by atoms with Gasteiger partial charge in [0.1, 0.15) is 11.1 Å². The van der Waals surface area contributed by atoms with E-state index < -0.39 is 0 Å². The fourth-order valence-electron chi connectivity index (χ4n) is 1.27. The lowest BCUT2D eigenvalue weighted by atomic mass is 10.3. The number of aromatic nitrogens is 1. The summed E-state index contributed by atoms with van der Waals surface area (Å²) in [6, 6.07) is 11.1. The summed E-state index contributed by atoms with van der Waals surface area (Å²) in [5, 5.41) is 10.3. The quantitative estimate of drug-likeness (QED) is 0.901. The Kier molecular flexibility index (Phi) is 3.52. The lowest BCUT2D eigenvalue weighted by Crippen LogP contribution is -1.91. The van der Waals surface area contributed by atoms with Crippen molar-refractivity contribution in [3.05, 3.63) is 47.1 Å². The maximum absolute atomic E-state index is 8.99. The molecule has 5 heteroatoms. The van der Waals surface area contributed by atoms with Crippen LogP contribution in [-0.2, 0) is 0 Å². The predicted molar refractivity (Wildman–Crippen MR) is 68.9 cm³/mol. The Bertz CT molecular complexity index is 593. The molecular formula is C12H8ClN3S. The summed E-state index contributed by atoms with van der Waals surface area (Å²) in [4.78, 5) is 5.08. The van der Waals surface area contributed by atoms with Crippen molar-refractivity contribution in [2.24, 2.45) is 0 Å². The maximum Gasteiger partial charge on any atom is 0.119 e. The van der Waals surface area contributed by atoms with Crippen LogP contribution in [0.15, 0.2) is 46.5 Å². The van der Waals surface area contributed by atoms with Crippen LogP contribution in [0.2, 0.25) is 5.02 Å². The van der Waals surface area contributed by atoms with Crippen LogP contribution in [0, 0.1) is 11.3 Å². The zero-order chi connectivity index (χ0) is 12.3. The lowest BCUT2D eigenvalue weighted by Gasteiger charge is -2.03. The van der Waals surface area contributed by atoms with E-state index in [4.69, 9.17) is 22.6 Å². The Morgan fingerprint density at radius 1 is 1.35 bits per heavy atom. The second-order valence-electron chi connectivity index (χ2n) is 3.29. The van der Waals surface area contributed by atoms with E-state index in [-0.39, 0.29) is 0 Å². The standard InChI is InChI=1S/C12H8ClN3S/c13-9-2-1-3-11(5-9)17-12-8(6-14)4-10(15)7-16-12/h1-5,7H,15H2. The van der Waals surface area contributed by atoms with Gasteiger partial charge in [0.05, 0.1) is 17.4 Å². The van der Waals surface area contributed by atoms with Gasteiger partial charge < -0.3 is 5.73 Å². The van der Waals surface area contributed by atoms with Crippen molar-refractivity contribution in [1.29, 1.82) is 5.26 Å². The van der Waals surface area contributed by atoms with Crippen LogP contribution in [0.4, 0.5) is 5.69 Å². The third-order valence-electron chi connectivity index (χ3n) is 2.00. The minimum absolute atomic E-state index is 0.468. The molecular weight excluding hydrogens is 254 g/mol. The van der Waals surface area contributed by atoms with Crippen LogP contribution >= 0.6 is 23.4 Å². The predicted octanol–water partition coefficient (Wildman–Crippen LogP) is 3.34. The highest BCUT2D eigenvalue weighted by Crippen LogP contribution is 2.30. The van der Waals surface area contributed by atoms with E-state index in [1.165, 1.54) is 18.0 Å². The molecule has 0 saturated carbocycles. The fourth-order valence-corrected chi connectivity index (χ4v) is 2.40. The molecule has 1 heterocycles. The summed E-state index contributed by atoms with van der Waals surface area (Å²) in [5.74, 6) is 0. The van der Waals surface area contributed by atoms with E-state index in [2.05, 4.69) is 11.1 Å². The molecule has 3 nitrogen and oxygen atoms in total. The highest BCUT2D eigenvalue weighted by atomic mass is 35.5. The average molecular weight is 262 g/mol. The number of nitrogens with two attached hydrogens (primary N) is 1. The van der Waals surface area contributed by atoms with Gasteiger partial charge in [0.15, 0.2) is 0 Å². The Labute approximate surface area is 108 Å². The summed E-state index contributed by atoms with van der Waals surface area (Å²) in [7, 11) is 0. The van der Waals surface area contributed by atoms with E-state index in [9.17, 15) is 0 Å². The fraction of sp³-hybridized carbons (Fsp3) is 0. The number of nitrogen functional groups attached to an aromatic ring is 1. The van der Waals surface area contributed by atoms with E-state index in [1.807, 2.05) is 18.2 Å². The molecule has 84 valence electrons. The third-order valence-corrected chi connectivity index (χ3v) is 3.25.